The molecule has 0 rings (SSSR count). The average molecular weight is 256 g/mol. The molecule has 0 aliphatic heterocycles. The molecule has 0 radical (unpaired) electrons. The summed E-state index contributed by atoms with van der Waals surface area (Å²) >= 11 is 0. The third-order valence-corrected chi connectivity index (χ3v) is 2.07. The van der Waals surface area contributed by atoms with Crippen molar-refractivity contribution in [1.29, 1.82) is 0 Å². The van der Waals surface area contributed by atoms with Gasteiger partial charge in [-0.05, 0) is 19.8 Å². The smallest absolute Gasteiger partial charge is 0.333 e. The second-order valence-corrected chi connectivity index (χ2v) is 3.90. The number of rotatable bonds is 10. The Morgan fingerprint density at radius 2 is 1.61 bits per heavy atom. The third-order valence-electron chi connectivity index (χ3n) is 2.07. The molecule has 0 fully saturated rings. The highest BCUT2D eigenvalue weighted by molar-refractivity contribution is 5.86. The van der Waals surface area contributed by atoms with Gasteiger partial charge in [0.1, 0.15) is 13.2 Å². The number of carboxylic acids is 1. The lowest BCUT2D eigenvalue weighted by Gasteiger charge is -2.09. The van der Waals surface area contributed by atoms with Crippen molar-refractivity contribution in [3.63, 3.8) is 0 Å². The molecular weight excluding hydrogens is 236 g/mol. The molecule has 1 N–H and O–H groups in total. The van der Waals surface area contributed by atoms with E-state index in [4.69, 9.17) is 14.6 Å². The summed E-state index contributed by atoms with van der Waals surface area (Å²) in [6.45, 7) is 9.12. The minimum absolute atomic E-state index is 0.153. The lowest BCUT2D eigenvalue weighted by atomic mass is 10.2. The number of carboxylic acid groups (broad SMARTS) is 1. The fourth-order valence-corrected chi connectivity index (χ4v) is 1.11. The van der Waals surface area contributed by atoms with E-state index in [1.165, 1.54) is 0 Å². The normalized spacial score (nSPS) is 9.61. The number of carbonyl (C=O) groups excluding carboxylic acids is 1. The number of aliphatic carboxylic acids is 1. The van der Waals surface area contributed by atoms with Crippen LogP contribution in [-0.4, -0.2) is 30.3 Å². The van der Waals surface area contributed by atoms with Gasteiger partial charge in [0.25, 0.3) is 0 Å². The Morgan fingerprint density at radius 1 is 1.06 bits per heavy atom. The summed E-state index contributed by atoms with van der Waals surface area (Å²) in [6.07, 6.45) is 2.09. The van der Waals surface area contributed by atoms with E-state index in [9.17, 15) is 9.59 Å². The van der Waals surface area contributed by atoms with E-state index in [2.05, 4.69) is 13.2 Å². The molecule has 0 saturated heterocycles. The third kappa shape index (κ3) is 9.45. The van der Waals surface area contributed by atoms with Crippen LogP contribution in [0.3, 0.4) is 0 Å². The van der Waals surface area contributed by atoms with E-state index < -0.39 is 11.9 Å². The van der Waals surface area contributed by atoms with Gasteiger partial charge in [0.05, 0.1) is 5.76 Å². The minimum Gasteiger partial charge on any atom is -0.495 e. The van der Waals surface area contributed by atoms with Gasteiger partial charge in [-0.25, -0.2) is 4.79 Å². The number of allylic oxidation sites excluding steroid dienone is 1. The summed E-state index contributed by atoms with van der Waals surface area (Å²) in [5, 5.41) is 8.44. The van der Waals surface area contributed by atoms with Crippen LogP contribution in [0.15, 0.2) is 24.5 Å². The van der Waals surface area contributed by atoms with Crippen LogP contribution in [-0.2, 0) is 19.1 Å². The van der Waals surface area contributed by atoms with Crippen LogP contribution in [0.5, 0.6) is 0 Å². The molecule has 18 heavy (non-hydrogen) atoms. The predicted octanol–water partition coefficient (Wildman–Crippen LogP) is 2.28. The van der Waals surface area contributed by atoms with Crippen molar-refractivity contribution < 1.29 is 24.2 Å². The number of esters is 1. The quantitative estimate of drug-likeness (QED) is 0.281. The van der Waals surface area contributed by atoms with Gasteiger partial charge in [0.15, 0.2) is 0 Å². The van der Waals surface area contributed by atoms with Gasteiger partial charge >= 0.3 is 11.9 Å². The maximum atomic E-state index is 11.0. The highest BCUT2D eigenvalue weighted by Gasteiger charge is 2.03. The Kier molecular flexibility index (Phi) is 8.35. The van der Waals surface area contributed by atoms with Crippen molar-refractivity contribution in [2.45, 2.75) is 32.6 Å². The summed E-state index contributed by atoms with van der Waals surface area (Å²) < 4.78 is 10.1. The zero-order valence-corrected chi connectivity index (χ0v) is 10.7. The summed E-state index contributed by atoms with van der Waals surface area (Å²) in [6, 6.07) is 0. The van der Waals surface area contributed by atoms with E-state index in [-0.39, 0.29) is 19.6 Å². The first-order chi connectivity index (χ1) is 8.43. The van der Waals surface area contributed by atoms with Crippen LogP contribution in [0.25, 0.3) is 0 Å². The lowest BCUT2D eigenvalue weighted by molar-refractivity contribution is -0.140. The maximum Gasteiger partial charge on any atom is 0.333 e. The Hall–Kier alpha value is -1.78. The zero-order valence-electron chi connectivity index (χ0n) is 10.7. The van der Waals surface area contributed by atoms with E-state index >= 15 is 0 Å². The van der Waals surface area contributed by atoms with Crippen molar-refractivity contribution in [3.8, 4) is 0 Å². The van der Waals surface area contributed by atoms with Gasteiger partial charge in [0.2, 0.25) is 0 Å². The average Bonchev–Trinajstić information content (AvgIpc) is 2.29. The first-order valence-corrected chi connectivity index (χ1v) is 5.78. The molecule has 0 aliphatic carbocycles. The predicted molar refractivity (Wildman–Crippen MR) is 67.0 cm³/mol. The summed E-state index contributed by atoms with van der Waals surface area (Å²) in [5.74, 6) is -0.661. The lowest BCUT2D eigenvalue weighted by Crippen LogP contribution is -2.10. The standard InChI is InChI=1S/C13H20O5/c1-10(2)13(16)18-9-8-17-11(3)6-4-5-7-12(14)15/h1,3-9H2,2H3,(H,14,15). The molecule has 0 amide bonds. The second kappa shape index (κ2) is 9.27. The molecular formula is C13H20O5. The number of hydrogen-bond acceptors (Lipinski definition) is 4. The molecule has 0 aromatic carbocycles. The highest BCUT2D eigenvalue weighted by atomic mass is 16.6. The molecule has 0 bridgehead atoms. The van der Waals surface area contributed by atoms with E-state index in [1.807, 2.05) is 0 Å². The van der Waals surface area contributed by atoms with E-state index in [1.54, 1.807) is 6.92 Å². The maximum absolute atomic E-state index is 11.0. The molecule has 0 aliphatic rings. The van der Waals surface area contributed by atoms with Gasteiger partial charge in [-0.15, -0.1) is 0 Å². The molecule has 5 heteroatoms. The van der Waals surface area contributed by atoms with Crippen molar-refractivity contribution >= 4 is 11.9 Å². The van der Waals surface area contributed by atoms with Crippen molar-refractivity contribution in [2.24, 2.45) is 0 Å². The fraction of sp³-hybridized carbons (Fsp3) is 0.538. The minimum atomic E-state index is -0.798. The molecule has 0 atom stereocenters. The van der Waals surface area contributed by atoms with Crippen molar-refractivity contribution in [1.82, 2.24) is 0 Å². The SMILES string of the molecule is C=C(CCCCC(=O)O)OCCOC(=O)C(=C)C. The van der Waals surface area contributed by atoms with E-state index in [0.29, 0.717) is 24.2 Å². The van der Waals surface area contributed by atoms with Crippen LogP contribution in [0.4, 0.5) is 0 Å². The summed E-state index contributed by atoms with van der Waals surface area (Å²) in [7, 11) is 0. The van der Waals surface area contributed by atoms with Crippen LogP contribution in [0.1, 0.15) is 32.6 Å². The first-order valence-electron chi connectivity index (χ1n) is 5.78. The van der Waals surface area contributed by atoms with Gasteiger partial charge < -0.3 is 14.6 Å². The molecule has 102 valence electrons. The Bertz CT molecular complexity index is 319. The largest absolute Gasteiger partial charge is 0.495 e. The Labute approximate surface area is 107 Å². The van der Waals surface area contributed by atoms with Crippen molar-refractivity contribution in [3.05, 3.63) is 24.5 Å². The Morgan fingerprint density at radius 3 is 2.17 bits per heavy atom. The molecule has 0 unspecified atom stereocenters. The summed E-state index contributed by atoms with van der Waals surface area (Å²) in [4.78, 5) is 21.3. The van der Waals surface area contributed by atoms with Crippen LogP contribution < -0.4 is 0 Å². The van der Waals surface area contributed by atoms with Crippen LogP contribution in [0, 0.1) is 0 Å². The monoisotopic (exact) mass is 256 g/mol. The zero-order chi connectivity index (χ0) is 14.0. The van der Waals surface area contributed by atoms with Crippen LogP contribution in [0.2, 0.25) is 0 Å². The highest BCUT2D eigenvalue weighted by Crippen LogP contribution is 2.08. The molecule has 0 heterocycles. The second-order valence-electron chi connectivity index (χ2n) is 3.90. The van der Waals surface area contributed by atoms with Gasteiger partial charge in [-0.2, -0.15) is 0 Å². The van der Waals surface area contributed by atoms with Gasteiger partial charge in [-0.3, -0.25) is 4.79 Å². The van der Waals surface area contributed by atoms with E-state index in [0.717, 1.165) is 6.42 Å². The number of carbonyl (C=O) groups is 2. The molecule has 0 saturated carbocycles. The van der Waals surface area contributed by atoms with Crippen LogP contribution >= 0.6 is 0 Å². The number of hydrogen-bond donors (Lipinski definition) is 1. The fourth-order valence-electron chi connectivity index (χ4n) is 1.11. The van der Waals surface area contributed by atoms with Crippen molar-refractivity contribution in [2.75, 3.05) is 13.2 Å². The summed E-state index contributed by atoms with van der Waals surface area (Å²) in [5.41, 5.74) is 0.350. The Balaban J connectivity index is 3.45. The molecule has 0 aromatic heterocycles. The van der Waals surface area contributed by atoms with Gasteiger partial charge in [0, 0.05) is 18.4 Å². The topological polar surface area (TPSA) is 72.8 Å². The first kappa shape index (κ1) is 16.2. The molecule has 0 aromatic rings. The number of ether oxygens (including phenoxy) is 2. The van der Waals surface area contributed by atoms with Gasteiger partial charge in [-0.1, -0.05) is 13.2 Å². The molecule has 5 nitrogen and oxygen atoms in total. The number of unbranched alkanes of at least 4 members (excludes halogenated alkanes) is 1. The molecule has 0 spiro atoms.